The van der Waals surface area contributed by atoms with Gasteiger partial charge in [-0.25, -0.2) is 14.4 Å². The molecule has 170 valence electrons. The fraction of sp³-hybridized carbons (Fsp3) is 0.292. The highest BCUT2D eigenvalue weighted by Gasteiger charge is 2.25. The topological polar surface area (TPSA) is 74.5 Å². The van der Waals surface area contributed by atoms with Crippen LogP contribution in [-0.4, -0.2) is 56.6 Å². The first-order valence-corrected chi connectivity index (χ1v) is 11.6. The quantitative estimate of drug-likeness (QED) is 0.396. The molecule has 9 heteroatoms. The average molecular weight is 466 g/mol. The van der Waals surface area contributed by atoms with Gasteiger partial charge in [0, 0.05) is 37.4 Å². The van der Waals surface area contributed by atoms with Gasteiger partial charge in [0.1, 0.15) is 17.4 Å². The highest BCUT2D eigenvalue weighted by Crippen LogP contribution is 2.36. The fourth-order valence-electron chi connectivity index (χ4n) is 3.87. The number of methoxy groups -OCH3 is 2. The molecule has 2 aromatic carbocycles. The van der Waals surface area contributed by atoms with E-state index in [1.807, 2.05) is 18.4 Å². The van der Waals surface area contributed by atoms with Crippen molar-refractivity contribution in [2.24, 2.45) is 0 Å². The van der Waals surface area contributed by atoms with Gasteiger partial charge in [0.05, 0.1) is 19.9 Å². The summed E-state index contributed by atoms with van der Waals surface area (Å²) in [5.74, 6) is 1.55. The van der Waals surface area contributed by atoms with E-state index < -0.39 is 0 Å². The maximum Gasteiger partial charge on any atom is 0.189 e. The molecule has 4 rings (SSSR count). The summed E-state index contributed by atoms with van der Waals surface area (Å²) in [6.45, 7) is 2.84. The van der Waals surface area contributed by atoms with Crippen LogP contribution in [0, 0.1) is 17.1 Å². The number of ether oxygens (including phenoxy) is 2. The molecule has 2 heterocycles. The normalized spacial score (nSPS) is 13.5. The number of thioether (sulfide) groups is 1. The van der Waals surface area contributed by atoms with Crippen LogP contribution in [0.15, 0.2) is 47.6 Å². The Kier molecular flexibility index (Phi) is 6.84. The summed E-state index contributed by atoms with van der Waals surface area (Å²) >= 11 is 1.43. The third kappa shape index (κ3) is 4.66. The Morgan fingerprint density at radius 2 is 1.61 bits per heavy atom. The zero-order valence-electron chi connectivity index (χ0n) is 18.7. The van der Waals surface area contributed by atoms with E-state index in [0.29, 0.717) is 46.8 Å². The number of nitrogens with zero attached hydrogens (tertiary/aromatic N) is 5. The molecule has 0 radical (unpaired) electrons. The molecule has 1 fully saturated rings. The molecule has 33 heavy (non-hydrogen) atoms. The van der Waals surface area contributed by atoms with Crippen molar-refractivity contribution in [1.82, 2.24) is 9.97 Å². The highest BCUT2D eigenvalue weighted by molar-refractivity contribution is 7.98. The molecular weight excluding hydrogens is 441 g/mol. The minimum atomic E-state index is -0.246. The zero-order chi connectivity index (χ0) is 23.4. The Bertz CT molecular complexity index is 1170. The first-order chi connectivity index (χ1) is 16.1. The van der Waals surface area contributed by atoms with Crippen LogP contribution in [0.1, 0.15) is 5.56 Å². The Morgan fingerprint density at radius 1 is 0.939 bits per heavy atom. The van der Waals surface area contributed by atoms with E-state index in [1.165, 1.54) is 23.9 Å². The molecule has 1 aliphatic rings. The van der Waals surface area contributed by atoms with Crippen LogP contribution >= 0.6 is 11.8 Å². The van der Waals surface area contributed by atoms with E-state index in [4.69, 9.17) is 9.47 Å². The maximum absolute atomic E-state index is 13.3. The number of benzene rings is 2. The SMILES string of the molecule is COc1ccc(-c2nc(SC)nc(N3CCN(c4ccc(F)cc4)CC3)c2C#N)cc1OC. The molecule has 7 nitrogen and oxygen atoms in total. The van der Waals surface area contributed by atoms with E-state index in [0.717, 1.165) is 24.3 Å². The number of hydrogen-bond acceptors (Lipinski definition) is 8. The standard InChI is InChI=1S/C24H24FN5O2S/c1-31-20-9-4-16(14-21(20)32-2)22-19(15-26)23(28-24(27-22)33-3)30-12-10-29(11-13-30)18-7-5-17(25)6-8-18/h4-9,14H,10-13H2,1-3H3. The smallest absolute Gasteiger partial charge is 0.189 e. The van der Waals surface area contributed by atoms with Crippen LogP contribution in [0.4, 0.5) is 15.9 Å². The van der Waals surface area contributed by atoms with Gasteiger partial charge in [0.25, 0.3) is 0 Å². The Balaban J connectivity index is 1.67. The van der Waals surface area contributed by atoms with Crippen molar-refractivity contribution in [3.63, 3.8) is 0 Å². The third-order valence-corrected chi connectivity index (χ3v) is 6.14. The van der Waals surface area contributed by atoms with Gasteiger partial charge in [-0.1, -0.05) is 11.8 Å². The molecule has 0 amide bonds. The van der Waals surface area contributed by atoms with Crippen LogP contribution in [0.2, 0.25) is 0 Å². The number of rotatable bonds is 6. The van der Waals surface area contributed by atoms with Gasteiger partial charge in [0.15, 0.2) is 22.5 Å². The minimum absolute atomic E-state index is 0.246. The van der Waals surface area contributed by atoms with Crippen LogP contribution in [0.3, 0.4) is 0 Å². The van der Waals surface area contributed by atoms with Gasteiger partial charge >= 0.3 is 0 Å². The molecule has 1 aliphatic heterocycles. The van der Waals surface area contributed by atoms with Crippen molar-refractivity contribution in [3.8, 4) is 28.8 Å². The second-order valence-corrected chi connectivity index (χ2v) is 8.16. The van der Waals surface area contributed by atoms with E-state index >= 15 is 0 Å². The Morgan fingerprint density at radius 3 is 2.21 bits per heavy atom. The van der Waals surface area contributed by atoms with Crippen molar-refractivity contribution in [2.75, 3.05) is 56.5 Å². The lowest BCUT2D eigenvalue weighted by atomic mass is 10.1. The van der Waals surface area contributed by atoms with Crippen molar-refractivity contribution < 1.29 is 13.9 Å². The molecule has 0 bridgehead atoms. The van der Waals surface area contributed by atoms with Crippen LogP contribution in [-0.2, 0) is 0 Å². The largest absolute Gasteiger partial charge is 0.493 e. The summed E-state index contributed by atoms with van der Waals surface area (Å²) in [4.78, 5) is 13.7. The van der Waals surface area contributed by atoms with E-state index in [2.05, 4.69) is 25.8 Å². The second kappa shape index (κ2) is 9.96. The molecule has 1 saturated heterocycles. The summed E-state index contributed by atoms with van der Waals surface area (Å²) in [5, 5.41) is 10.7. The van der Waals surface area contributed by atoms with Gasteiger partial charge in [-0.15, -0.1) is 0 Å². The van der Waals surface area contributed by atoms with E-state index in [1.54, 1.807) is 32.4 Å². The number of anilines is 2. The first kappa shape index (κ1) is 22.7. The van der Waals surface area contributed by atoms with Gasteiger partial charge in [0.2, 0.25) is 0 Å². The maximum atomic E-state index is 13.3. The summed E-state index contributed by atoms with van der Waals surface area (Å²) in [6, 6.07) is 14.3. The Labute approximate surface area is 196 Å². The molecular formula is C24H24FN5O2S. The second-order valence-electron chi connectivity index (χ2n) is 7.39. The third-order valence-electron chi connectivity index (χ3n) is 5.59. The van der Waals surface area contributed by atoms with Crippen molar-refractivity contribution in [2.45, 2.75) is 5.16 Å². The van der Waals surface area contributed by atoms with Crippen LogP contribution in [0.25, 0.3) is 11.3 Å². The molecule has 0 atom stereocenters. The average Bonchev–Trinajstić information content (AvgIpc) is 2.88. The molecule has 0 aliphatic carbocycles. The molecule has 3 aromatic rings. The number of nitriles is 1. The van der Waals surface area contributed by atoms with E-state index in [9.17, 15) is 9.65 Å². The minimum Gasteiger partial charge on any atom is -0.493 e. The lowest BCUT2D eigenvalue weighted by molar-refractivity contribution is 0.355. The lowest BCUT2D eigenvalue weighted by Gasteiger charge is -2.37. The van der Waals surface area contributed by atoms with E-state index in [-0.39, 0.29) is 5.82 Å². The fourth-order valence-corrected chi connectivity index (χ4v) is 4.23. The van der Waals surface area contributed by atoms with Crippen molar-refractivity contribution in [1.29, 1.82) is 5.26 Å². The van der Waals surface area contributed by atoms with Gasteiger partial charge < -0.3 is 19.3 Å². The predicted molar refractivity (Wildman–Crippen MR) is 128 cm³/mol. The number of piperazine rings is 1. The van der Waals surface area contributed by atoms with Crippen LogP contribution < -0.4 is 19.3 Å². The molecule has 0 unspecified atom stereocenters. The summed E-state index contributed by atoms with van der Waals surface area (Å²) < 4.78 is 24.1. The summed E-state index contributed by atoms with van der Waals surface area (Å²) in [6.07, 6.45) is 1.91. The number of aromatic nitrogens is 2. The molecule has 0 spiro atoms. The molecule has 1 aromatic heterocycles. The van der Waals surface area contributed by atoms with Crippen molar-refractivity contribution in [3.05, 3.63) is 53.8 Å². The molecule has 0 saturated carbocycles. The summed E-state index contributed by atoms with van der Waals surface area (Å²) in [7, 11) is 3.16. The molecule has 0 N–H and O–H groups in total. The Hall–Kier alpha value is -3.51. The number of halogens is 1. The highest BCUT2D eigenvalue weighted by atomic mass is 32.2. The van der Waals surface area contributed by atoms with Gasteiger partial charge in [-0.05, 0) is 48.7 Å². The van der Waals surface area contributed by atoms with Crippen molar-refractivity contribution >= 4 is 23.3 Å². The van der Waals surface area contributed by atoms with Gasteiger partial charge in [-0.2, -0.15) is 5.26 Å². The number of hydrogen-bond donors (Lipinski definition) is 0. The lowest BCUT2D eigenvalue weighted by Crippen LogP contribution is -2.47. The summed E-state index contributed by atoms with van der Waals surface area (Å²) in [5.41, 5.74) is 2.73. The van der Waals surface area contributed by atoms with Gasteiger partial charge in [-0.3, -0.25) is 0 Å². The zero-order valence-corrected chi connectivity index (χ0v) is 19.5. The first-order valence-electron chi connectivity index (χ1n) is 10.4. The monoisotopic (exact) mass is 465 g/mol. The predicted octanol–water partition coefficient (Wildman–Crippen LogP) is 4.22. The van der Waals surface area contributed by atoms with Crippen LogP contribution in [0.5, 0.6) is 11.5 Å².